The SMILES string of the molecule is CC1(C)C2CC(=O)/C(=C\O)C1C2. The summed E-state index contributed by atoms with van der Waals surface area (Å²) >= 11 is 0. The number of carbonyl (C=O) groups is 1. The summed E-state index contributed by atoms with van der Waals surface area (Å²) in [6.07, 6.45) is 2.74. The first-order chi connectivity index (χ1) is 5.57. The number of ketones is 1. The first-order valence-corrected chi connectivity index (χ1v) is 4.45. The van der Waals surface area contributed by atoms with Gasteiger partial charge in [0.2, 0.25) is 0 Å². The highest BCUT2D eigenvalue weighted by molar-refractivity contribution is 5.97. The van der Waals surface area contributed by atoms with Crippen LogP contribution in [0.5, 0.6) is 0 Å². The molecular weight excluding hydrogens is 152 g/mol. The van der Waals surface area contributed by atoms with Gasteiger partial charge in [0.25, 0.3) is 0 Å². The highest BCUT2D eigenvalue weighted by atomic mass is 16.2. The third kappa shape index (κ3) is 0.728. The van der Waals surface area contributed by atoms with Gasteiger partial charge in [-0.2, -0.15) is 0 Å². The summed E-state index contributed by atoms with van der Waals surface area (Å²) < 4.78 is 0. The molecule has 3 rings (SSSR count). The van der Waals surface area contributed by atoms with Gasteiger partial charge in [-0.15, -0.1) is 0 Å². The molecule has 0 radical (unpaired) electrons. The molecule has 2 nitrogen and oxygen atoms in total. The first kappa shape index (κ1) is 7.84. The Morgan fingerprint density at radius 3 is 2.67 bits per heavy atom. The van der Waals surface area contributed by atoms with E-state index in [9.17, 15) is 4.79 Å². The van der Waals surface area contributed by atoms with Gasteiger partial charge in [0.05, 0.1) is 6.26 Å². The molecule has 12 heavy (non-hydrogen) atoms. The van der Waals surface area contributed by atoms with E-state index >= 15 is 0 Å². The Balaban J connectivity index is 2.32. The summed E-state index contributed by atoms with van der Waals surface area (Å²) in [5.41, 5.74) is 0.894. The maximum Gasteiger partial charge on any atom is 0.162 e. The molecule has 0 heterocycles. The van der Waals surface area contributed by atoms with E-state index in [1.54, 1.807) is 0 Å². The Morgan fingerprint density at radius 1 is 1.58 bits per heavy atom. The molecule has 0 aromatic rings. The van der Waals surface area contributed by atoms with E-state index in [0.717, 1.165) is 12.7 Å². The Hall–Kier alpha value is -0.790. The first-order valence-electron chi connectivity index (χ1n) is 4.45. The van der Waals surface area contributed by atoms with Crippen molar-refractivity contribution >= 4 is 5.78 Å². The smallest absolute Gasteiger partial charge is 0.162 e. The maximum atomic E-state index is 11.3. The summed E-state index contributed by atoms with van der Waals surface area (Å²) in [4.78, 5) is 11.3. The average molecular weight is 166 g/mol. The van der Waals surface area contributed by atoms with Crippen molar-refractivity contribution in [1.29, 1.82) is 0 Å². The minimum absolute atomic E-state index is 0.151. The number of carbonyl (C=O) groups excluding carboxylic acids is 1. The lowest BCUT2D eigenvalue weighted by Gasteiger charge is -2.56. The zero-order chi connectivity index (χ0) is 8.93. The lowest BCUT2D eigenvalue weighted by atomic mass is 9.47. The van der Waals surface area contributed by atoms with Crippen LogP contribution in [-0.2, 0) is 4.79 Å². The predicted molar refractivity (Wildman–Crippen MR) is 45.7 cm³/mol. The van der Waals surface area contributed by atoms with Crippen molar-refractivity contribution in [3.8, 4) is 0 Å². The van der Waals surface area contributed by atoms with Crippen LogP contribution in [0.2, 0.25) is 0 Å². The molecule has 0 aromatic carbocycles. The van der Waals surface area contributed by atoms with E-state index in [-0.39, 0.29) is 11.2 Å². The van der Waals surface area contributed by atoms with E-state index in [0.29, 0.717) is 23.8 Å². The van der Waals surface area contributed by atoms with Gasteiger partial charge in [0.15, 0.2) is 5.78 Å². The van der Waals surface area contributed by atoms with E-state index < -0.39 is 0 Å². The minimum Gasteiger partial charge on any atom is -0.515 e. The van der Waals surface area contributed by atoms with Crippen LogP contribution >= 0.6 is 0 Å². The van der Waals surface area contributed by atoms with Crippen molar-refractivity contribution in [1.82, 2.24) is 0 Å². The average Bonchev–Trinajstić information content (AvgIpc) is 2.03. The molecule has 2 bridgehead atoms. The fraction of sp³-hybridized carbons (Fsp3) is 0.700. The Morgan fingerprint density at radius 2 is 2.25 bits per heavy atom. The highest BCUT2D eigenvalue weighted by Crippen LogP contribution is 2.59. The summed E-state index contributed by atoms with van der Waals surface area (Å²) in [5.74, 6) is 1.02. The van der Waals surface area contributed by atoms with Gasteiger partial charge >= 0.3 is 0 Å². The molecule has 3 aliphatic carbocycles. The van der Waals surface area contributed by atoms with E-state index in [1.165, 1.54) is 0 Å². The molecule has 3 fully saturated rings. The van der Waals surface area contributed by atoms with Crippen molar-refractivity contribution < 1.29 is 9.90 Å². The van der Waals surface area contributed by atoms with Crippen LogP contribution in [0.4, 0.5) is 0 Å². The van der Waals surface area contributed by atoms with E-state index in [2.05, 4.69) is 13.8 Å². The fourth-order valence-corrected chi connectivity index (χ4v) is 2.59. The van der Waals surface area contributed by atoms with Gasteiger partial charge in [-0.05, 0) is 23.7 Å². The van der Waals surface area contributed by atoms with Gasteiger partial charge in [-0.3, -0.25) is 4.79 Å². The molecule has 0 spiro atoms. The van der Waals surface area contributed by atoms with Crippen LogP contribution < -0.4 is 0 Å². The molecule has 0 amide bonds. The van der Waals surface area contributed by atoms with Gasteiger partial charge in [-0.25, -0.2) is 0 Å². The van der Waals surface area contributed by atoms with Crippen molar-refractivity contribution in [2.75, 3.05) is 0 Å². The lowest BCUT2D eigenvalue weighted by molar-refractivity contribution is -0.130. The molecule has 1 N–H and O–H groups in total. The Kier molecular flexibility index (Phi) is 1.39. The van der Waals surface area contributed by atoms with Crippen molar-refractivity contribution in [3.63, 3.8) is 0 Å². The van der Waals surface area contributed by atoms with Gasteiger partial charge < -0.3 is 5.11 Å². The van der Waals surface area contributed by atoms with Crippen molar-refractivity contribution in [2.24, 2.45) is 17.3 Å². The number of allylic oxidation sites excluding steroid dienone is 1. The van der Waals surface area contributed by atoms with Crippen LogP contribution in [0.25, 0.3) is 0 Å². The number of fused-ring (bicyclic) bond motifs is 2. The molecule has 0 aliphatic heterocycles. The summed E-state index contributed by atoms with van der Waals surface area (Å²) in [6.45, 7) is 4.36. The number of rotatable bonds is 0. The predicted octanol–water partition coefficient (Wildman–Crippen LogP) is 2.06. The Labute approximate surface area is 72.3 Å². The molecule has 3 aliphatic rings. The van der Waals surface area contributed by atoms with Crippen LogP contribution in [0, 0.1) is 17.3 Å². The van der Waals surface area contributed by atoms with Crippen molar-refractivity contribution in [2.45, 2.75) is 26.7 Å². The summed E-state index contributed by atoms with van der Waals surface area (Å²) in [7, 11) is 0. The highest BCUT2D eigenvalue weighted by Gasteiger charge is 2.55. The van der Waals surface area contributed by atoms with Crippen LogP contribution in [0.15, 0.2) is 11.8 Å². The standard InChI is InChI=1S/C10H14O2/c1-10(2)6-3-8(10)7(5-11)9(12)4-6/h5-6,8,11H,3-4H2,1-2H3/b7-5-. The van der Waals surface area contributed by atoms with Gasteiger partial charge in [-0.1, -0.05) is 13.8 Å². The molecule has 2 unspecified atom stereocenters. The molecule has 66 valence electrons. The maximum absolute atomic E-state index is 11.3. The third-order valence-electron chi connectivity index (χ3n) is 3.74. The Bertz CT molecular complexity index is 263. The quantitative estimate of drug-likeness (QED) is 0.442. The normalized spacial score (nSPS) is 41.2. The molecule has 0 aromatic heterocycles. The summed E-state index contributed by atoms with van der Waals surface area (Å²) in [5, 5.41) is 8.91. The van der Waals surface area contributed by atoms with E-state index in [1.807, 2.05) is 0 Å². The second-order valence-corrected chi connectivity index (χ2v) is 4.52. The van der Waals surface area contributed by atoms with Crippen molar-refractivity contribution in [3.05, 3.63) is 11.8 Å². The summed E-state index contributed by atoms with van der Waals surface area (Å²) in [6, 6.07) is 0. The molecule has 3 saturated carbocycles. The third-order valence-corrected chi connectivity index (χ3v) is 3.74. The van der Waals surface area contributed by atoms with Crippen LogP contribution in [0.1, 0.15) is 26.7 Å². The zero-order valence-electron chi connectivity index (χ0n) is 7.50. The van der Waals surface area contributed by atoms with Crippen LogP contribution in [0.3, 0.4) is 0 Å². The molecule has 2 heteroatoms. The van der Waals surface area contributed by atoms with Gasteiger partial charge in [0, 0.05) is 12.0 Å². The lowest BCUT2D eigenvalue weighted by Crippen LogP contribution is -2.52. The largest absolute Gasteiger partial charge is 0.515 e. The topological polar surface area (TPSA) is 37.3 Å². The fourth-order valence-electron chi connectivity index (χ4n) is 2.59. The number of hydrogen-bond donors (Lipinski definition) is 1. The number of aliphatic hydroxyl groups excluding tert-OH is 1. The van der Waals surface area contributed by atoms with Gasteiger partial charge in [0.1, 0.15) is 0 Å². The second kappa shape index (κ2) is 2.12. The second-order valence-electron chi connectivity index (χ2n) is 4.52. The number of hydrogen-bond acceptors (Lipinski definition) is 2. The molecule has 0 saturated heterocycles. The minimum atomic E-state index is 0.151. The monoisotopic (exact) mass is 166 g/mol. The number of Topliss-reactive ketones (excluding diaryl/α,β-unsaturated/α-hetero) is 1. The molecular formula is C10H14O2. The van der Waals surface area contributed by atoms with Crippen LogP contribution in [-0.4, -0.2) is 10.9 Å². The number of aliphatic hydroxyl groups is 1. The molecule has 2 atom stereocenters. The van der Waals surface area contributed by atoms with E-state index in [4.69, 9.17) is 5.11 Å². The zero-order valence-corrected chi connectivity index (χ0v) is 7.50.